The van der Waals surface area contributed by atoms with E-state index in [1.54, 1.807) is 19.2 Å². The van der Waals surface area contributed by atoms with Crippen LogP contribution >= 0.6 is 0 Å². The van der Waals surface area contributed by atoms with Crippen LogP contribution in [0.5, 0.6) is 0 Å². The Bertz CT molecular complexity index is 433. The maximum Gasteiger partial charge on any atom is 0.272 e. The maximum atomic E-state index is 12.3. The molecular weight excluding hydrogens is 228 g/mol. The van der Waals surface area contributed by atoms with Gasteiger partial charge in [-0.1, -0.05) is 0 Å². The number of nitrogens with zero attached hydrogens (tertiary/aromatic N) is 4. The summed E-state index contributed by atoms with van der Waals surface area (Å²) < 4.78 is 0. The summed E-state index contributed by atoms with van der Waals surface area (Å²) >= 11 is 0. The maximum absolute atomic E-state index is 12.3. The van der Waals surface area contributed by atoms with E-state index in [-0.39, 0.29) is 5.91 Å². The second-order valence-electron chi connectivity index (χ2n) is 5.00. The quantitative estimate of drug-likeness (QED) is 0.782. The first-order chi connectivity index (χ1) is 8.58. The van der Waals surface area contributed by atoms with E-state index >= 15 is 0 Å². The van der Waals surface area contributed by atoms with Crippen molar-refractivity contribution in [2.24, 2.45) is 0 Å². The molecule has 1 amide bonds. The average Bonchev–Trinajstić information content (AvgIpc) is 2.38. The summed E-state index contributed by atoms with van der Waals surface area (Å²) in [5, 5.41) is 0. The molecule has 18 heavy (non-hydrogen) atoms. The number of aryl methyl sites for hydroxylation is 1. The Kier molecular flexibility index (Phi) is 3.91. The van der Waals surface area contributed by atoms with Crippen molar-refractivity contribution in [3.05, 3.63) is 23.8 Å². The summed E-state index contributed by atoms with van der Waals surface area (Å²) in [5.41, 5.74) is 0.502. The summed E-state index contributed by atoms with van der Waals surface area (Å²) in [6, 6.07) is 2.14. The van der Waals surface area contributed by atoms with E-state index in [1.165, 1.54) is 0 Å². The Morgan fingerprint density at radius 3 is 2.94 bits per heavy atom. The summed E-state index contributed by atoms with van der Waals surface area (Å²) in [6.45, 7) is 3.41. The highest BCUT2D eigenvalue weighted by molar-refractivity contribution is 5.92. The zero-order chi connectivity index (χ0) is 13.1. The molecule has 0 saturated carbocycles. The molecule has 1 aromatic rings. The molecule has 1 atom stereocenters. The molecule has 0 N–H and O–H groups in total. The fourth-order valence-electron chi connectivity index (χ4n) is 2.30. The molecule has 0 spiro atoms. The van der Waals surface area contributed by atoms with Crippen molar-refractivity contribution in [1.29, 1.82) is 0 Å². The average molecular weight is 248 g/mol. The number of rotatable bonds is 2. The van der Waals surface area contributed by atoms with Gasteiger partial charge in [-0.3, -0.25) is 4.79 Å². The topological polar surface area (TPSA) is 49.3 Å². The van der Waals surface area contributed by atoms with Crippen molar-refractivity contribution in [2.45, 2.75) is 25.8 Å². The summed E-state index contributed by atoms with van der Waals surface area (Å²) in [6.07, 6.45) is 3.85. The van der Waals surface area contributed by atoms with Gasteiger partial charge in [-0.25, -0.2) is 9.97 Å². The number of carbonyl (C=O) groups is 1. The Balaban J connectivity index is 2.09. The van der Waals surface area contributed by atoms with Gasteiger partial charge in [0.1, 0.15) is 11.5 Å². The molecule has 2 rings (SSSR count). The van der Waals surface area contributed by atoms with Gasteiger partial charge in [0.15, 0.2) is 0 Å². The van der Waals surface area contributed by atoms with Crippen molar-refractivity contribution in [2.75, 3.05) is 27.2 Å². The number of piperidine rings is 1. The molecule has 2 heterocycles. The number of amides is 1. The van der Waals surface area contributed by atoms with E-state index in [0.717, 1.165) is 25.9 Å². The third-order valence-electron chi connectivity index (χ3n) is 3.41. The van der Waals surface area contributed by atoms with E-state index in [4.69, 9.17) is 0 Å². The van der Waals surface area contributed by atoms with Crippen LogP contribution in [0.2, 0.25) is 0 Å². The first-order valence-corrected chi connectivity index (χ1v) is 6.33. The first-order valence-electron chi connectivity index (χ1n) is 6.33. The normalized spacial score (nSPS) is 20.2. The van der Waals surface area contributed by atoms with Crippen molar-refractivity contribution in [3.63, 3.8) is 0 Å². The molecule has 1 aliphatic heterocycles. The summed E-state index contributed by atoms with van der Waals surface area (Å²) in [4.78, 5) is 24.6. The van der Waals surface area contributed by atoms with Crippen LogP contribution in [0.15, 0.2) is 12.3 Å². The van der Waals surface area contributed by atoms with E-state index in [9.17, 15) is 4.79 Å². The van der Waals surface area contributed by atoms with Crippen LogP contribution < -0.4 is 0 Å². The molecule has 5 heteroatoms. The molecule has 0 aromatic carbocycles. The third kappa shape index (κ3) is 2.85. The van der Waals surface area contributed by atoms with Gasteiger partial charge in [0, 0.05) is 25.3 Å². The smallest absolute Gasteiger partial charge is 0.272 e. The van der Waals surface area contributed by atoms with Crippen LogP contribution in [-0.2, 0) is 0 Å². The summed E-state index contributed by atoms with van der Waals surface area (Å²) in [7, 11) is 4.13. The van der Waals surface area contributed by atoms with E-state index in [2.05, 4.69) is 29.0 Å². The molecule has 1 aliphatic rings. The van der Waals surface area contributed by atoms with Gasteiger partial charge in [-0.05, 0) is 39.9 Å². The SMILES string of the molecule is Cc1nccc(C(=O)N2CCCC(N(C)C)C2)n1. The number of carbonyl (C=O) groups excluding carboxylic acids is 1. The van der Waals surface area contributed by atoms with Crippen molar-refractivity contribution in [1.82, 2.24) is 19.8 Å². The minimum Gasteiger partial charge on any atom is -0.336 e. The number of hydrogen-bond acceptors (Lipinski definition) is 4. The second kappa shape index (κ2) is 5.44. The molecule has 5 nitrogen and oxygen atoms in total. The minimum absolute atomic E-state index is 0.0204. The molecule has 0 aliphatic carbocycles. The van der Waals surface area contributed by atoms with Gasteiger partial charge in [0.25, 0.3) is 5.91 Å². The van der Waals surface area contributed by atoms with Gasteiger partial charge >= 0.3 is 0 Å². The van der Waals surface area contributed by atoms with Gasteiger partial charge in [-0.2, -0.15) is 0 Å². The first kappa shape index (κ1) is 13.0. The molecule has 0 radical (unpaired) electrons. The van der Waals surface area contributed by atoms with Crippen molar-refractivity contribution >= 4 is 5.91 Å². The number of likely N-dealkylation sites (tertiary alicyclic amines) is 1. The highest BCUT2D eigenvalue weighted by atomic mass is 16.2. The van der Waals surface area contributed by atoms with Crippen LogP contribution in [0.3, 0.4) is 0 Å². The lowest BCUT2D eigenvalue weighted by molar-refractivity contribution is 0.0629. The molecule has 1 fully saturated rings. The van der Waals surface area contributed by atoms with E-state index < -0.39 is 0 Å². The Hall–Kier alpha value is -1.49. The molecular formula is C13H20N4O. The number of hydrogen-bond donors (Lipinski definition) is 0. The highest BCUT2D eigenvalue weighted by Crippen LogP contribution is 2.15. The van der Waals surface area contributed by atoms with Crippen molar-refractivity contribution < 1.29 is 4.79 Å². The predicted octanol–water partition coefficient (Wildman–Crippen LogP) is 0.951. The Morgan fingerprint density at radius 2 is 2.28 bits per heavy atom. The molecule has 1 unspecified atom stereocenters. The van der Waals surface area contributed by atoms with Gasteiger partial charge in [0.2, 0.25) is 0 Å². The van der Waals surface area contributed by atoms with Crippen LogP contribution in [0.1, 0.15) is 29.2 Å². The fraction of sp³-hybridized carbons (Fsp3) is 0.615. The minimum atomic E-state index is 0.0204. The molecule has 0 bridgehead atoms. The number of likely N-dealkylation sites (N-methyl/N-ethyl adjacent to an activating group) is 1. The lowest BCUT2D eigenvalue weighted by Crippen LogP contribution is -2.47. The van der Waals surface area contributed by atoms with Crippen LogP contribution in [0, 0.1) is 6.92 Å². The Labute approximate surface area is 108 Å². The zero-order valence-electron chi connectivity index (χ0n) is 11.3. The Morgan fingerprint density at radius 1 is 1.50 bits per heavy atom. The monoisotopic (exact) mass is 248 g/mol. The lowest BCUT2D eigenvalue weighted by atomic mass is 10.0. The van der Waals surface area contributed by atoms with Gasteiger partial charge in [-0.15, -0.1) is 0 Å². The summed E-state index contributed by atoms with van der Waals surface area (Å²) in [5.74, 6) is 0.661. The van der Waals surface area contributed by atoms with Gasteiger partial charge in [0.05, 0.1) is 0 Å². The molecule has 98 valence electrons. The van der Waals surface area contributed by atoms with Crippen LogP contribution in [-0.4, -0.2) is 58.9 Å². The van der Waals surface area contributed by atoms with Gasteiger partial charge < -0.3 is 9.80 Å². The molecule has 1 aromatic heterocycles. The zero-order valence-corrected chi connectivity index (χ0v) is 11.3. The standard InChI is InChI=1S/C13H20N4O/c1-10-14-7-6-12(15-10)13(18)17-8-4-5-11(9-17)16(2)3/h6-7,11H,4-5,8-9H2,1-3H3. The fourth-order valence-corrected chi connectivity index (χ4v) is 2.30. The van der Waals surface area contributed by atoms with Crippen molar-refractivity contribution in [3.8, 4) is 0 Å². The van der Waals surface area contributed by atoms with Crippen LogP contribution in [0.4, 0.5) is 0 Å². The lowest BCUT2D eigenvalue weighted by Gasteiger charge is -2.35. The van der Waals surface area contributed by atoms with Crippen LogP contribution in [0.25, 0.3) is 0 Å². The van der Waals surface area contributed by atoms with E-state index in [1.807, 2.05) is 4.90 Å². The predicted molar refractivity (Wildman–Crippen MR) is 69.4 cm³/mol. The molecule has 1 saturated heterocycles. The second-order valence-corrected chi connectivity index (χ2v) is 5.00. The third-order valence-corrected chi connectivity index (χ3v) is 3.41. The number of aromatic nitrogens is 2. The van der Waals surface area contributed by atoms with E-state index in [0.29, 0.717) is 17.6 Å². The highest BCUT2D eigenvalue weighted by Gasteiger charge is 2.26. The largest absolute Gasteiger partial charge is 0.336 e.